The molecule has 5 heteroatoms. The Morgan fingerprint density at radius 1 is 1.00 bits per heavy atom. The number of benzene rings is 2. The standard InChI is InChI=1S/C22H26N2O3/c1-15-7-10-18(11-8-15)22(4)20(25)24(21(26)23-22)12-5-13-27-19-14-16(2)6-9-17(19)3/h6-11,14H,5,12-13H2,1-4H3,(H,23,26)/t22-/m1/s1. The van der Waals surface area contributed by atoms with E-state index in [0.29, 0.717) is 19.6 Å². The first kappa shape index (κ1) is 19.0. The van der Waals surface area contributed by atoms with E-state index in [-0.39, 0.29) is 11.9 Å². The maximum atomic E-state index is 12.9. The molecular formula is C22H26N2O3. The largest absolute Gasteiger partial charge is 0.493 e. The summed E-state index contributed by atoms with van der Waals surface area (Å²) in [5.74, 6) is 0.625. The highest BCUT2D eigenvalue weighted by Crippen LogP contribution is 2.29. The number of ether oxygens (including phenoxy) is 1. The quantitative estimate of drug-likeness (QED) is 0.624. The zero-order valence-electron chi connectivity index (χ0n) is 16.3. The van der Waals surface area contributed by atoms with E-state index < -0.39 is 5.54 Å². The Morgan fingerprint density at radius 2 is 1.67 bits per heavy atom. The number of amides is 3. The number of carbonyl (C=O) groups is 2. The first-order chi connectivity index (χ1) is 12.8. The van der Waals surface area contributed by atoms with E-state index in [0.717, 1.165) is 28.0 Å². The van der Waals surface area contributed by atoms with Gasteiger partial charge in [0.1, 0.15) is 11.3 Å². The summed E-state index contributed by atoms with van der Waals surface area (Å²) in [6.07, 6.45) is 0.580. The molecule has 1 aliphatic heterocycles. The first-order valence-corrected chi connectivity index (χ1v) is 9.22. The molecule has 142 valence electrons. The van der Waals surface area contributed by atoms with Crippen LogP contribution in [0.2, 0.25) is 0 Å². The second kappa shape index (κ2) is 7.43. The summed E-state index contributed by atoms with van der Waals surface area (Å²) in [4.78, 5) is 26.5. The van der Waals surface area contributed by atoms with Gasteiger partial charge >= 0.3 is 6.03 Å². The van der Waals surface area contributed by atoms with Gasteiger partial charge < -0.3 is 10.1 Å². The van der Waals surface area contributed by atoms with Crippen molar-refractivity contribution in [1.82, 2.24) is 10.2 Å². The average Bonchev–Trinajstić information content (AvgIpc) is 2.85. The van der Waals surface area contributed by atoms with Crippen LogP contribution in [0.15, 0.2) is 42.5 Å². The van der Waals surface area contributed by atoms with Gasteiger partial charge in [-0.3, -0.25) is 9.69 Å². The van der Waals surface area contributed by atoms with Gasteiger partial charge in [0.2, 0.25) is 0 Å². The van der Waals surface area contributed by atoms with Crippen molar-refractivity contribution in [3.05, 3.63) is 64.7 Å². The van der Waals surface area contributed by atoms with Crippen LogP contribution in [0, 0.1) is 20.8 Å². The molecule has 2 aromatic rings. The number of hydrogen-bond acceptors (Lipinski definition) is 3. The van der Waals surface area contributed by atoms with Crippen LogP contribution >= 0.6 is 0 Å². The fourth-order valence-corrected chi connectivity index (χ4v) is 3.25. The Morgan fingerprint density at radius 3 is 2.37 bits per heavy atom. The molecule has 1 fully saturated rings. The van der Waals surface area contributed by atoms with Crippen LogP contribution in [0.5, 0.6) is 5.75 Å². The average molecular weight is 366 g/mol. The molecule has 0 saturated carbocycles. The van der Waals surface area contributed by atoms with E-state index in [1.165, 1.54) is 4.90 Å². The molecule has 0 spiro atoms. The van der Waals surface area contributed by atoms with Gasteiger partial charge in [-0.05, 0) is 56.9 Å². The second-order valence-corrected chi connectivity index (χ2v) is 7.35. The number of hydrogen-bond donors (Lipinski definition) is 1. The van der Waals surface area contributed by atoms with Gasteiger partial charge in [-0.15, -0.1) is 0 Å². The van der Waals surface area contributed by atoms with Crippen LogP contribution in [0.4, 0.5) is 4.79 Å². The number of imide groups is 1. The van der Waals surface area contributed by atoms with Crippen molar-refractivity contribution in [2.75, 3.05) is 13.2 Å². The third-order valence-electron chi connectivity index (χ3n) is 5.03. The van der Waals surface area contributed by atoms with Crippen molar-refractivity contribution in [3.8, 4) is 5.75 Å². The molecule has 5 nitrogen and oxygen atoms in total. The molecule has 0 radical (unpaired) electrons. The van der Waals surface area contributed by atoms with Gasteiger partial charge in [0, 0.05) is 6.54 Å². The van der Waals surface area contributed by atoms with E-state index in [1.54, 1.807) is 6.92 Å². The Balaban J connectivity index is 1.61. The van der Waals surface area contributed by atoms with Gasteiger partial charge in [0.25, 0.3) is 5.91 Å². The predicted octanol–water partition coefficient (Wildman–Crippen LogP) is 3.85. The summed E-state index contributed by atoms with van der Waals surface area (Å²) in [6, 6.07) is 13.4. The molecular weight excluding hydrogens is 340 g/mol. The van der Waals surface area contributed by atoms with Crippen molar-refractivity contribution in [1.29, 1.82) is 0 Å². The van der Waals surface area contributed by atoms with Crippen LogP contribution in [-0.4, -0.2) is 30.0 Å². The summed E-state index contributed by atoms with van der Waals surface area (Å²) in [7, 11) is 0. The van der Waals surface area contributed by atoms with E-state index in [1.807, 2.05) is 63.2 Å². The van der Waals surface area contributed by atoms with Crippen LogP contribution in [0.25, 0.3) is 0 Å². The highest BCUT2D eigenvalue weighted by atomic mass is 16.5. The molecule has 0 unspecified atom stereocenters. The molecule has 1 heterocycles. The van der Waals surface area contributed by atoms with Gasteiger partial charge in [-0.25, -0.2) is 4.79 Å². The topological polar surface area (TPSA) is 58.6 Å². The fourth-order valence-electron chi connectivity index (χ4n) is 3.25. The lowest BCUT2D eigenvalue weighted by Crippen LogP contribution is -2.41. The molecule has 3 amide bonds. The van der Waals surface area contributed by atoms with E-state index in [2.05, 4.69) is 5.32 Å². The lowest BCUT2D eigenvalue weighted by molar-refractivity contribution is -0.131. The van der Waals surface area contributed by atoms with Crippen molar-refractivity contribution < 1.29 is 14.3 Å². The van der Waals surface area contributed by atoms with Gasteiger partial charge in [-0.2, -0.15) is 0 Å². The molecule has 0 aliphatic carbocycles. The summed E-state index contributed by atoms with van der Waals surface area (Å²) >= 11 is 0. The number of aryl methyl sites for hydroxylation is 3. The number of carbonyl (C=O) groups excluding carboxylic acids is 2. The van der Waals surface area contributed by atoms with Crippen LogP contribution in [0.3, 0.4) is 0 Å². The van der Waals surface area contributed by atoms with Crippen molar-refractivity contribution in [2.24, 2.45) is 0 Å². The van der Waals surface area contributed by atoms with E-state index >= 15 is 0 Å². The van der Waals surface area contributed by atoms with Crippen LogP contribution in [-0.2, 0) is 10.3 Å². The molecule has 2 aromatic carbocycles. The molecule has 0 bridgehead atoms. The molecule has 0 aromatic heterocycles. The molecule has 27 heavy (non-hydrogen) atoms. The molecule has 3 rings (SSSR count). The molecule has 1 aliphatic rings. The summed E-state index contributed by atoms with van der Waals surface area (Å²) in [6.45, 7) is 8.54. The second-order valence-electron chi connectivity index (χ2n) is 7.35. The third kappa shape index (κ3) is 3.82. The Bertz CT molecular complexity index is 860. The smallest absolute Gasteiger partial charge is 0.325 e. The minimum absolute atomic E-state index is 0.219. The summed E-state index contributed by atoms with van der Waals surface area (Å²) in [5.41, 5.74) is 3.10. The highest BCUT2D eigenvalue weighted by molar-refractivity contribution is 6.07. The van der Waals surface area contributed by atoms with Crippen LogP contribution < -0.4 is 10.1 Å². The minimum atomic E-state index is -1.02. The lowest BCUT2D eigenvalue weighted by Gasteiger charge is -2.22. The third-order valence-corrected chi connectivity index (χ3v) is 5.03. The SMILES string of the molecule is Cc1ccc([C@@]2(C)NC(=O)N(CCCOc3cc(C)ccc3C)C2=O)cc1. The van der Waals surface area contributed by atoms with Gasteiger partial charge in [-0.1, -0.05) is 42.0 Å². The van der Waals surface area contributed by atoms with Crippen LogP contribution in [0.1, 0.15) is 35.6 Å². The fraction of sp³-hybridized carbons (Fsp3) is 0.364. The van der Waals surface area contributed by atoms with Gasteiger partial charge in [0.15, 0.2) is 0 Å². The van der Waals surface area contributed by atoms with E-state index in [4.69, 9.17) is 4.74 Å². The predicted molar refractivity (Wildman–Crippen MR) is 105 cm³/mol. The maximum absolute atomic E-state index is 12.9. The molecule has 1 saturated heterocycles. The zero-order valence-corrected chi connectivity index (χ0v) is 16.3. The number of nitrogens with zero attached hydrogens (tertiary/aromatic N) is 1. The monoisotopic (exact) mass is 366 g/mol. The first-order valence-electron chi connectivity index (χ1n) is 9.22. The molecule has 1 atom stereocenters. The van der Waals surface area contributed by atoms with Crippen molar-refractivity contribution >= 4 is 11.9 Å². The zero-order chi connectivity index (χ0) is 19.6. The Labute approximate surface area is 160 Å². The van der Waals surface area contributed by atoms with E-state index in [9.17, 15) is 9.59 Å². The van der Waals surface area contributed by atoms with Crippen molar-refractivity contribution in [2.45, 2.75) is 39.7 Å². The lowest BCUT2D eigenvalue weighted by atomic mass is 9.91. The Kier molecular flexibility index (Phi) is 5.22. The number of nitrogens with one attached hydrogen (secondary N) is 1. The van der Waals surface area contributed by atoms with Gasteiger partial charge in [0.05, 0.1) is 6.61 Å². The number of urea groups is 1. The summed E-state index contributed by atoms with van der Waals surface area (Å²) < 4.78 is 5.83. The normalized spacial score (nSPS) is 19.3. The van der Waals surface area contributed by atoms with Crippen molar-refractivity contribution in [3.63, 3.8) is 0 Å². The minimum Gasteiger partial charge on any atom is -0.493 e. The number of rotatable bonds is 6. The maximum Gasteiger partial charge on any atom is 0.325 e. The Hall–Kier alpha value is -2.82. The summed E-state index contributed by atoms with van der Waals surface area (Å²) in [5, 5.41) is 2.84. The highest BCUT2D eigenvalue weighted by Gasteiger charge is 2.48. The molecule has 1 N–H and O–H groups in total.